The van der Waals surface area contributed by atoms with Gasteiger partial charge in [0, 0.05) is 17.3 Å². The van der Waals surface area contributed by atoms with E-state index < -0.39 is 29.0 Å². The summed E-state index contributed by atoms with van der Waals surface area (Å²) in [7, 11) is 0. The zero-order chi connectivity index (χ0) is 26.4. The summed E-state index contributed by atoms with van der Waals surface area (Å²) in [6, 6.07) is 14.3. The smallest absolute Gasteiger partial charge is 1.00 e. The standard InChI is InChI=1S/C19H12F4N3.C10H15.ClH.Rh/c20-12-6-1-3-10-16(12)24-19(25-17-11-4-2-7-13(17)21)26-18-14(22)8-5-9-15(18)23;1-6-7(2)9(4)10(5)8(6)3;;/h1-11H,(H-,24,25,26);1-5H3;1H;/q2*-1;;+3/p-1. The van der Waals surface area contributed by atoms with E-state index in [-0.39, 0.29) is 49.2 Å². The molecule has 0 heterocycles. The molecule has 0 saturated heterocycles. The summed E-state index contributed by atoms with van der Waals surface area (Å²) >= 11 is 0. The number of aliphatic imine (C=N–C) groups is 1. The van der Waals surface area contributed by atoms with Gasteiger partial charge in [0.15, 0.2) is 0 Å². The van der Waals surface area contributed by atoms with Gasteiger partial charge in [0.1, 0.15) is 23.3 Å². The van der Waals surface area contributed by atoms with Gasteiger partial charge in [-0.2, -0.15) is 27.8 Å². The molecule has 0 aliphatic heterocycles. The van der Waals surface area contributed by atoms with Crippen LogP contribution in [0.15, 0.2) is 71.7 Å². The maximum Gasteiger partial charge on any atom is 3.00 e. The summed E-state index contributed by atoms with van der Waals surface area (Å²) < 4.78 is 55.5. The Morgan fingerprint density at radius 3 is 1.66 bits per heavy atom. The molecule has 0 radical (unpaired) electrons. The summed E-state index contributed by atoms with van der Waals surface area (Å²) in [5, 5.41) is 6.47. The van der Waals surface area contributed by atoms with Crippen molar-refractivity contribution >= 4 is 23.0 Å². The first-order valence-corrected chi connectivity index (χ1v) is 11.3. The average molecular weight is 632 g/mol. The molecule has 0 saturated carbocycles. The van der Waals surface area contributed by atoms with E-state index in [1.165, 1.54) is 76.3 Å². The van der Waals surface area contributed by atoms with E-state index in [4.69, 9.17) is 0 Å². The zero-order valence-corrected chi connectivity index (χ0v) is 23.9. The van der Waals surface area contributed by atoms with Crippen molar-refractivity contribution in [1.82, 2.24) is 0 Å². The first kappa shape index (κ1) is 32.9. The van der Waals surface area contributed by atoms with Gasteiger partial charge in [-0.25, -0.2) is 17.6 Å². The number of para-hydroxylation sites is 3. The molecule has 0 aromatic heterocycles. The van der Waals surface area contributed by atoms with Gasteiger partial charge in [-0.3, -0.25) is 0 Å². The van der Waals surface area contributed by atoms with Crippen LogP contribution in [0.4, 0.5) is 34.6 Å². The Bertz CT molecular complexity index is 1250. The Morgan fingerprint density at radius 1 is 0.711 bits per heavy atom. The van der Waals surface area contributed by atoms with Crippen LogP contribution in [0.3, 0.4) is 0 Å². The Kier molecular flexibility index (Phi) is 12.8. The second-order valence-corrected chi connectivity index (χ2v) is 8.30. The van der Waals surface area contributed by atoms with E-state index in [0.29, 0.717) is 0 Å². The second-order valence-electron chi connectivity index (χ2n) is 8.30. The third-order valence-corrected chi connectivity index (χ3v) is 6.17. The van der Waals surface area contributed by atoms with Crippen LogP contribution in [0.1, 0.15) is 27.8 Å². The summed E-state index contributed by atoms with van der Waals surface area (Å²) in [5.74, 6) is -3.52. The molecule has 0 amide bonds. The van der Waals surface area contributed by atoms with E-state index in [1.807, 2.05) is 0 Å². The van der Waals surface area contributed by atoms with Crippen LogP contribution in [0, 0.1) is 57.9 Å². The largest absolute Gasteiger partial charge is 3.00 e. The predicted octanol–water partition coefficient (Wildman–Crippen LogP) is 6.00. The fourth-order valence-corrected chi connectivity index (χ4v) is 3.53. The number of hydrogen-bond acceptors (Lipinski definition) is 1. The summed E-state index contributed by atoms with van der Waals surface area (Å²) in [5.41, 5.74) is 6.58. The third kappa shape index (κ3) is 7.96. The molecule has 4 aromatic carbocycles. The average Bonchev–Trinajstić information content (AvgIpc) is 3.02. The quantitative estimate of drug-likeness (QED) is 0.0974. The van der Waals surface area contributed by atoms with Gasteiger partial charge in [0.25, 0.3) is 0 Å². The van der Waals surface area contributed by atoms with Crippen molar-refractivity contribution in [3.8, 4) is 0 Å². The molecule has 0 aliphatic rings. The van der Waals surface area contributed by atoms with Gasteiger partial charge < -0.3 is 28.0 Å². The maximum atomic E-state index is 13.9. The minimum atomic E-state index is -0.929. The minimum Gasteiger partial charge on any atom is -1.00 e. The second kappa shape index (κ2) is 14.7. The maximum absolute atomic E-state index is 13.9. The van der Waals surface area contributed by atoms with Crippen LogP contribution in [-0.2, 0) is 19.5 Å². The summed E-state index contributed by atoms with van der Waals surface area (Å²) in [6.07, 6.45) is 0. The topological polar surface area (TPSA) is 38.5 Å². The van der Waals surface area contributed by atoms with Crippen molar-refractivity contribution in [2.24, 2.45) is 4.99 Å². The van der Waals surface area contributed by atoms with E-state index in [9.17, 15) is 17.6 Å². The summed E-state index contributed by atoms with van der Waals surface area (Å²) in [4.78, 5) is 3.79. The van der Waals surface area contributed by atoms with E-state index >= 15 is 0 Å². The van der Waals surface area contributed by atoms with Gasteiger partial charge in [0.2, 0.25) is 0 Å². The molecular formula is C29H27ClF4N3Rh. The van der Waals surface area contributed by atoms with Crippen molar-refractivity contribution in [1.29, 1.82) is 0 Å². The van der Waals surface area contributed by atoms with E-state index in [2.05, 4.69) is 50.2 Å². The van der Waals surface area contributed by atoms with Crippen molar-refractivity contribution in [3.63, 3.8) is 0 Å². The number of nitrogens with zero attached hydrogens (tertiary/aromatic N) is 2. The number of anilines is 1. The first-order chi connectivity index (χ1) is 17.1. The fourth-order valence-electron chi connectivity index (χ4n) is 3.53. The van der Waals surface area contributed by atoms with Crippen LogP contribution >= 0.6 is 0 Å². The molecule has 3 nitrogen and oxygen atoms in total. The monoisotopic (exact) mass is 631 g/mol. The zero-order valence-electron chi connectivity index (χ0n) is 21.5. The molecule has 0 aliphatic carbocycles. The Hall–Kier alpha value is -3.09. The van der Waals surface area contributed by atoms with Crippen molar-refractivity contribution in [2.75, 3.05) is 5.32 Å². The Labute approximate surface area is 239 Å². The normalized spacial score (nSPS) is 10.5. The van der Waals surface area contributed by atoms with Crippen LogP contribution in [-0.4, -0.2) is 5.96 Å². The number of guanidine groups is 1. The van der Waals surface area contributed by atoms with Crippen molar-refractivity contribution in [3.05, 3.63) is 123 Å². The van der Waals surface area contributed by atoms with Crippen LogP contribution < -0.4 is 17.7 Å². The molecule has 202 valence electrons. The van der Waals surface area contributed by atoms with Gasteiger partial charge >= 0.3 is 19.5 Å². The van der Waals surface area contributed by atoms with E-state index in [0.717, 1.165) is 12.1 Å². The first-order valence-electron chi connectivity index (χ1n) is 11.3. The van der Waals surface area contributed by atoms with Gasteiger partial charge in [-0.15, -0.1) is 0 Å². The molecule has 0 bridgehead atoms. The summed E-state index contributed by atoms with van der Waals surface area (Å²) in [6.45, 7) is 11.0. The van der Waals surface area contributed by atoms with Gasteiger partial charge in [0.05, 0.1) is 5.69 Å². The number of hydrogen-bond donors (Lipinski definition) is 1. The number of benzene rings is 3. The SMILES string of the molecule is Cc1c(C)c(C)[c-](C)c1C.Fc1ccccc1[N-]C(=Nc1c(F)cccc1F)Nc1ccccc1F.[Cl-].[Rh+3]. The third-order valence-electron chi connectivity index (χ3n) is 6.17. The van der Waals surface area contributed by atoms with Crippen molar-refractivity contribution in [2.45, 2.75) is 34.6 Å². The number of rotatable bonds is 3. The molecule has 4 rings (SSSR count). The molecule has 0 spiro atoms. The molecule has 38 heavy (non-hydrogen) atoms. The Morgan fingerprint density at radius 2 is 1.18 bits per heavy atom. The van der Waals surface area contributed by atoms with Crippen LogP contribution in [0.2, 0.25) is 0 Å². The van der Waals surface area contributed by atoms with Gasteiger partial charge in [-0.05, 0) is 30.3 Å². The molecule has 1 N–H and O–H groups in total. The molecule has 0 atom stereocenters. The number of nitrogens with one attached hydrogen (secondary N) is 1. The van der Waals surface area contributed by atoms with Gasteiger partial charge in [-0.1, -0.05) is 71.0 Å². The molecule has 4 aromatic rings. The Balaban J connectivity index is 0.000000511. The predicted molar refractivity (Wildman–Crippen MR) is 139 cm³/mol. The molecule has 9 heteroatoms. The molecule has 0 fully saturated rings. The molecule has 0 unspecified atom stereocenters. The van der Waals surface area contributed by atoms with Crippen LogP contribution in [0.5, 0.6) is 0 Å². The minimum absolute atomic E-state index is 0. The van der Waals surface area contributed by atoms with E-state index in [1.54, 1.807) is 6.07 Å². The number of halogens is 5. The fraction of sp³-hybridized carbons (Fsp3) is 0.172. The molecular weight excluding hydrogens is 605 g/mol. The van der Waals surface area contributed by atoms with Crippen molar-refractivity contribution < 1.29 is 49.4 Å². The van der Waals surface area contributed by atoms with Crippen LogP contribution in [0.25, 0.3) is 5.32 Å².